The molecule has 0 bridgehead atoms. The van der Waals surface area contributed by atoms with Gasteiger partial charge in [0.25, 0.3) is 0 Å². The van der Waals surface area contributed by atoms with E-state index in [4.69, 9.17) is 4.99 Å². The predicted molar refractivity (Wildman–Crippen MR) is 142 cm³/mol. The summed E-state index contributed by atoms with van der Waals surface area (Å²) >= 11 is 3.71. The van der Waals surface area contributed by atoms with E-state index in [1.807, 2.05) is 42.1 Å². The van der Waals surface area contributed by atoms with E-state index < -0.39 is 15.9 Å². The number of hydrogen-bond donors (Lipinski definition) is 1. The summed E-state index contributed by atoms with van der Waals surface area (Å²) < 4.78 is 28.7. The number of aryl methyl sites for hydroxylation is 1. The van der Waals surface area contributed by atoms with Crippen LogP contribution in [0.25, 0.3) is 10.8 Å². The number of piperidine rings is 1. The molecule has 0 saturated carbocycles. The van der Waals surface area contributed by atoms with Crippen LogP contribution in [0.3, 0.4) is 0 Å². The maximum absolute atomic E-state index is 12.9. The number of amides is 1. The van der Waals surface area contributed by atoms with Crippen molar-refractivity contribution in [2.45, 2.75) is 43.2 Å². The van der Waals surface area contributed by atoms with Crippen molar-refractivity contribution in [3.05, 3.63) is 55.8 Å². The molecular weight excluding hydrogens is 585 g/mol. The summed E-state index contributed by atoms with van der Waals surface area (Å²) in [6, 6.07) is 11.1. The lowest BCUT2D eigenvalue weighted by molar-refractivity contribution is -0.131. The van der Waals surface area contributed by atoms with Gasteiger partial charge in [0, 0.05) is 36.3 Å². The Hall–Kier alpha value is -1.76. The number of carbonyl (C=O) groups is 1. The number of likely N-dealkylation sites (tertiary alicyclic amines) is 1. The minimum atomic E-state index is -3.55. The molecule has 182 valence electrons. The monoisotopic (exact) mass is 613 g/mol. The lowest BCUT2D eigenvalue weighted by Crippen LogP contribution is -2.40. The average molecular weight is 614 g/mol. The predicted octanol–water partition coefficient (Wildman–Crippen LogP) is 3.65. The van der Waals surface area contributed by atoms with Crippen LogP contribution in [0.4, 0.5) is 0 Å². The summed E-state index contributed by atoms with van der Waals surface area (Å²) in [5.41, 5.74) is 0. The highest BCUT2D eigenvalue weighted by Crippen LogP contribution is 2.23. The van der Waals surface area contributed by atoms with E-state index in [-0.39, 0.29) is 29.0 Å². The van der Waals surface area contributed by atoms with Gasteiger partial charge in [0.15, 0.2) is 14.6 Å². The van der Waals surface area contributed by atoms with E-state index in [0.29, 0.717) is 13.1 Å². The van der Waals surface area contributed by atoms with Gasteiger partial charge < -0.3 is 14.6 Å². The standard InChI is InChI=1S/C24H28IN3O4S2/c1-16(29)22-15-27(2)24(33-22)26-20-7-10-28(11-8-20)23(30)9-12-34(31,32)21-6-4-17-13-19(25)5-3-18(17)14-21/h3-6,13-16,20,29H,7-12H2,1-2H3. The second-order valence-electron chi connectivity index (χ2n) is 8.67. The molecule has 1 amide bonds. The molecule has 0 spiro atoms. The second-order valence-corrected chi connectivity index (χ2v) is 13.1. The Morgan fingerprint density at radius 2 is 1.88 bits per heavy atom. The topological polar surface area (TPSA) is 92.0 Å². The number of rotatable bonds is 6. The Morgan fingerprint density at radius 1 is 1.21 bits per heavy atom. The van der Waals surface area contributed by atoms with Gasteiger partial charge in [-0.15, -0.1) is 0 Å². The van der Waals surface area contributed by atoms with Crippen molar-refractivity contribution in [1.29, 1.82) is 0 Å². The molecule has 3 aromatic rings. The van der Waals surface area contributed by atoms with E-state index in [2.05, 4.69) is 22.6 Å². The summed E-state index contributed by atoms with van der Waals surface area (Å²) in [6.07, 6.45) is 2.83. The Balaban J connectivity index is 1.34. The number of sulfone groups is 1. The smallest absolute Gasteiger partial charge is 0.223 e. The molecule has 10 heteroatoms. The first-order valence-electron chi connectivity index (χ1n) is 11.2. The molecule has 1 aliphatic heterocycles. The molecule has 1 N–H and O–H groups in total. The van der Waals surface area contributed by atoms with Gasteiger partial charge in [-0.2, -0.15) is 0 Å². The summed E-state index contributed by atoms with van der Waals surface area (Å²) in [7, 11) is -1.63. The fraction of sp³-hybridized carbons (Fsp3) is 0.417. The third-order valence-corrected chi connectivity index (χ3v) is 9.71. The second kappa shape index (κ2) is 10.5. The van der Waals surface area contributed by atoms with Gasteiger partial charge in [0.1, 0.15) is 0 Å². The maximum atomic E-state index is 12.9. The highest BCUT2D eigenvalue weighted by molar-refractivity contribution is 14.1. The van der Waals surface area contributed by atoms with Crippen LogP contribution in [0.15, 0.2) is 52.5 Å². The van der Waals surface area contributed by atoms with Gasteiger partial charge in [-0.3, -0.25) is 9.79 Å². The van der Waals surface area contributed by atoms with E-state index in [9.17, 15) is 18.3 Å². The SMILES string of the molecule is CC(O)c1cn(C)c(=NC2CCN(C(=O)CCS(=O)(=O)c3ccc4cc(I)ccc4c3)CC2)s1. The van der Waals surface area contributed by atoms with Gasteiger partial charge in [-0.1, -0.05) is 23.5 Å². The van der Waals surface area contributed by atoms with Crippen molar-refractivity contribution in [3.8, 4) is 0 Å². The summed E-state index contributed by atoms with van der Waals surface area (Å²) in [5.74, 6) is -0.324. The maximum Gasteiger partial charge on any atom is 0.223 e. The molecule has 0 aliphatic carbocycles. The molecular formula is C24H28IN3O4S2. The first-order valence-corrected chi connectivity index (χ1v) is 14.8. The number of nitrogens with zero attached hydrogens (tertiary/aromatic N) is 3. The lowest BCUT2D eigenvalue weighted by Gasteiger charge is -2.30. The third kappa shape index (κ3) is 5.89. The number of hydrogen-bond acceptors (Lipinski definition) is 6. The van der Waals surface area contributed by atoms with Gasteiger partial charge in [0.2, 0.25) is 5.91 Å². The molecule has 1 atom stereocenters. The van der Waals surface area contributed by atoms with E-state index in [1.165, 1.54) is 11.3 Å². The van der Waals surface area contributed by atoms with Crippen LogP contribution in [-0.4, -0.2) is 53.8 Å². The fourth-order valence-corrected chi connectivity index (χ4v) is 6.81. The number of benzene rings is 2. The minimum absolute atomic E-state index is 0.0213. The van der Waals surface area contributed by atoms with Crippen molar-refractivity contribution in [3.63, 3.8) is 0 Å². The Morgan fingerprint density at radius 3 is 2.56 bits per heavy atom. The zero-order chi connectivity index (χ0) is 24.5. The van der Waals surface area contributed by atoms with Crippen molar-refractivity contribution >= 4 is 60.4 Å². The van der Waals surface area contributed by atoms with Crippen molar-refractivity contribution < 1.29 is 18.3 Å². The zero-order valence-electron chi connectivity index (χ0n) is 19.1. The van der Waals surface area contributed by atoms with Crippen molar-refractivity contribution in [1.82, 2.24) is 9.47 Å². The summed E-state index contributed by atoms with van der Waals surface area (Å²) in [6.45, 7) is 2.88. The minimum Gasteiger partial charge on any atom is -0.388 e. The molecule has 2 heterocycles. The van der Waals surface area contributed by atoms with E-state index in [0.717, 1.165) is 36.9 Å². The number of halogens is 1. The first kappa shape index (κ1) is 25.3. The average Bonchev–Trinajstić information content (AvgIpc) is 3.18. The van der Waals surface area contributed by atoms with Gasteiger partial charge in [-0.25, -0.2) is 8.42 Å². The largest absolute Gasteiger partial charge is 0.388 e. The first-order chi connectivity index (χ1) is 16.1. The van der Waals surface area contributed by atoms with Crippen LogP contribution in [0.2, 0.25) is 0 Å². The van der Waals surface area contributed by atoms with E-state index >= 15 is 0 Å². The highest BCUT2D eigenvalue weighted by Gasteiger charge is 2.25. The summed E-state index contributed by atoms with van der Waals surface area (Å²) in [5, 5.41) is 11.6. The molecule has 34 heavy (non-hydrogen) atoms. The van der Waals surface area contributed by atoms with Gasteiger partial charge in [-0.05, 0) is 77.4 Å². The number of carbonyl (C=O) groups excluding carboxylic acids is 1. The normalized spacial score (nSPS) is 16.8. The van der Waals surface area contributed by atoms with Crippen molar-refractivity contribution in [2.24, 2.45) is 12.0 Å². The number of fused-ring (bicyclic) bond motifs is 1. The fourth-order valence-electron chi connectivity index (χ4n) is 4.05. The molecule has 1 aromatic heterocycles. The molecule has 4 rings (SSSR count). The van der Waals surface area contributed by atoms with Crippen LogP contribution in [0.1, 0.15) is 37.2 Å². The Labute approximate surface area is 217 Å². The van der Waals surface area contributed by atoms with Gasteiger partial charge in [0.05, 0.1) is 27.7 Å². The molecule has 1 unspecified atom stereocenters. The molecule has 1 saturated heterocycles. The quantitative estimate of drug-likeness (QED) is 0.430. The zero-order valence-corrected chi connectivity index (χ0v) is 22.9. The van der Waals surface area contributed by atoms with Crippen LogP contribution >= 0.6 is 33.9 Å². The van der Waals surface area contributed by atoms with Crippen LogP contribution in [0, 0.1) is 3.57 Å². The third-order valence-electron chi connectivity index (χ3n) is 6.07. The van der Waals surface area contributed by atoms with Crippen LogP contribution in [-0.2, 0) is 21.7 Å². The Bertz CT molecular complexity index is 1370. The molecule has 1 aliphatic rings. The number of aliphatic hydroxyl groups excluding tert-OH is 1. The number of thiazole rings is 1. The van der Waals surface area contributed by atoms with E-state index in [1.54, 1.807) is 24.0 Å². The molecule has 2 aromatic carbocycles. The molecule has 0 radical (unpaired) electrons. The molecule has 1 fully saturated rings. The van der Waals surface area contributed by atoms with Crippen LogP contribution in [0.5, 0.6) is 0 Å². The van der Waals surface area contributed by atoms with Crippen molar-refractivity contribution in [2.75, 3.05) is 18.8 Å². The Kier molecular flexibility index (Phi) is 7.80. The van der Waals surface area contributed by atoms with Gasteiger partial charge >= 0.3 is 0 Å². The highest BCUT2D eigenvalue weighted by atomic mass is 127. The van der Waals surface area contributed by atoms with Crippen LogP contribution < -0.4 is 4.80 Å². The molecule has 7 nitrogen and oxygen atoms in total. The number of aromatic nitrogens is 1. The number of aliphatic hydroxyl groups is 1. The summed E-state index contributed by atoms with van der Waals surface area (Å²) in [4.78, 5) is 21.3. The lowest BCUT2D eigenvalue weighted by atomic mass is 10.1.